The van der Waals surface area contributed by atoms with Crippen molar-refractivity contribution in [2.24, 2.45) is 5.73 Å². The highest BCUT2D eigenvalue weighted by atomic mass is 16.6. The van der Waals surface area contributed by atoms with E-state index in [0.29, 0.717) is 16.7 Å². The van der Waals surface area contributed by atoms with E-state index in [4.69, 9.17) is 5.73 Å². The fourth-order valence-electron chi connectivity index (χ4n) is 1.47. The predicted octanol–water partition coefficient (Wildman–Crippen LogP) is 0.435. The van der Waals surface area contributed by atoms with E-state index in [1.165, 1.54) is 24.5 Å². The molecule has 0 aliphatic carbocycles. The van der Waals surface area contributed by atoms with E-state index < -0.39 is 10.8 Å². The Labute approximate surface area is 101 Å². The summed E-state index contributed by atoms with van der Waals surface area (Å²) in [6.07, 6.45) is 1.30. The second-order valence-corrected chi connectivity index (χ2v) is 3.50. The maximum atomic E-state index is 10.7. The highest BCUT2D eigenvalue weighted by Gasteiger charge is 2.10. The fourth-order valence-corrected chi connectivity index (χ4v) is 1.47. The average molecular weight is 247 g/mol. The van der Waals surface area contributed by atoms with Crippen molar-refractivity contribution in [2.75, 3.05) is 11.9 Å². The molecule has 0 radical (unpaired) electrons. The van der Waals surface area contributed by atoms with Crippen molar-refractivity contribution in [1.29, 1.82) is 0 Å². The summed E-state index contributed by atoms with van der Waals surface area (Å²) in [6, 6.07) is 4.22. The summed E-state index contributed by atoms with van der Waals surface area (Å²) < 4.78 is 0. The molecule has 8 nitrogen and oxygen atoms in total. The molecule has 0 spiro atoms. The highest BCUT2D eigenvalue weighted by Crippen LogP contribution is 2.23. The smallest absolute Gasteiger partial charge is 0.270 e. The summed E-state index contributed by atoms with van der Waals surface area (Å²) >= 11 is 0. The number of hydrogen-bond acceptors (Lipinski definition) is 6. The van der Waals surface area contributed by atoms with E-state index in [-0.39, 0.29) is 12.2 Å². The largest absolute Gasteiger partial charge is 0.368 e. The van der Waals surface area contributed by atoms with Crippen LogP contribution in [0.2, 0.25) is 0 Å². The summed E-state index contributed by atoms with van der Waals surface area (Å²) in [5.74, 6) is -0.213. The summed E-state index contributed by atoms with van der Waals surface area (Å²) in [5, 5.41) is 13.9. The number of rotatable bonds is 4. The fraction of sp³-hybridized carbons (Fsp3) is 0.100. The third-order valence-electron chi connectivity index (χ3n) is 2.26. The first-order valence-electron chi connectivity index (χ1n) is 4.99. The first kappa shape index (κ1) is 11.7. The third kappa shape index (κ3) is 2.32. The quantitative estimate of drug-likeness (QED) is 0.596. The van der Waals surface area contributed by atoms with Crippen LogP contribution in [-0.2, 0) is 4.79 Å². The summed E-state index contributed by atoms with van der Waals surface area (Å²) in [7, 11) is 0. The molecule has 1 aromatic heterocycles. The van der Waals surface area contributed by atoms with Crippen LogP contribution in [0.5, 0.6) is 0 Å². The van der Waals surface area contributed by atoms with Crippen LogP contribution in [0.15, 0.2) is 24.5 Å². The minimum atomic E-state index is -0.549. The van der Waals surface area contributed by atoms with Gasteiger partial charge in [0.1, 0.15) is 12.1 Å². The highest BCUT2D eigenvalue weighted by molar-refractivity contribution is 5.91. The number of nitrogens with zero attached hydrogens (tertiary/aromatic N) is 3. The van der Waals surface area contributed by atoms with Crippen LogP contribution in [0, 0.1) is 10.1 Å². The molecule has 1 aromatic carbocycles. The molecule has 18 heavy (non-hydrogen) atoms. The lowest BCUT2D eigenvalue weighted by molar-refractivity contribution is -0.384. The van der Waals surface area contributed by atoms with Crippen molar-refractivity contribution in [1.82, 2.24) is 9.97 Å². The lowest BCUT2D eigenvalue weighted by Crippen LogP contribution is -2.22. The Kier molecular flexibility index (Phi) is 3.00. The van der Waals surface area contributed by atoms with E-state index in [1.807, 2.05) is 0 Å². The Morgan fingerprint density at radius 1 is 1.44 bits per heavy atom. The first-order chi connectivity index (χ1) is 8.58. The van der Waals surface area contributed by atoms with Crippen molar-refractivity contribution >= 4 is 28.3 Å². The number of carbonyl (C=O) groups excluding carboxylic acids is 1. The average Bonchev–Trinajstić information content (AvgIpc) is 2.35. The normalized spacial score (nSPS) is 10.2. The van der Waals surface area contributed by atoms with E-state index in [2.05, 4.69) is 15.3 Å². The maximum absolute atomic E-state index is 10.7. The topological polar surface area (TPSA) is 124 Å². The number of anilines is 1. The Hall–Kier alpha value is -2.77. The van der Waals surface area contributed by atoms with Gasteiger partial charge in [-0.15, -0.1) is 0 Å². The first-order valence-corrected chi connectivity index (χ1v) is 4.99. The van der Waals surface area contributed by atoms with E-state index in [1.54, 1.807) is 0 Å². The second kappa shape index (κ2) is 4.62. The number of primary amides is 1. The molecule has 1 heterocycles. The molecule has 0 aliphatic heterocycles. The zero-order chi connectivity index (χ0) is 13.1. The third-order valence-corrected chi connectivity index (χ3v) is 2.26. The van der Waals surface area contributed by atoms with Crippen LogP contribution in [0.1, 0.15) is 0 Å². The zero-order valence-electron chi connectivity index (χ0n) is 9.16. The number of fused-ring (bicyclic) bond motifs is 1. The van der Waals surface area contributed by atoms with Crippen molar-refractivity contribution in [3.8, 4) is 0 Å². The molecule has 2 aromatic rings. The molecular weight excluding hydrogens is 238 g/mol. The van der Waals surface area contributed by atoms with Gasteiger partial charge in [0.25, 0.3) is 5.69 Å². The van der Waals surface area contributed by atoms with Gasteiger partial charge in [-0.25, -0.2) is 9.97 Å². The molecule has 3 N–H and O–H groups in total. The van der Waals surface area contributed by atoms with Gasteiger partial charge in [-0.2, -0.15) is 0 Å². The molecule has 0 saturated carbocycles. The molecule has 0 aliphatic rings. The number of nitro benzene ring substituents is 1. The van der Waals surface area contributed by atoms with E-state index >= 15 is 0 Å². The molecule has 0 unspecified atom stereocenters. The van der Waals surface area contributed by atoms with Crippen LogP contribution < -0.4 is 11.1 Å². The number of nitrogens with two attached hydrogens (primary N) is 1. The number of nitro groups is 1. The van der Waals surface area contributed by atoms with Gasteiger partial charge in [0.05, 0.1) is 17.0 Å². The van der Waals surface area contributed by atoms with Crippen molar-refractivity contribution in [3.63, 3.8) is 0 Å². The number of benzene rings is 1. The molecule has 1 amide bonds. The molecule has 8 heteroatoms. The lowest BCUT2D eigenvalue weighted by Gasteiger charge is -2.05. The molecule has 0 saturated heterocycles. The van der Waals surface area contributed by atoms with Crippen LogP contribution in [0.4, 0.5) is 11.5 Å². The Morgan fingerprint density at radius 3 is 2.89 bits per heavy atom. The lowest BCUT2D eigenvalue weighted by atomic mass is 10.2. The van der Waals surface area contributed by atoms with Gasteiger partial charge in [0.2, 0.25) is 5.91 Å². The van der Waals surface area contributed by atoms with Crippen molar-refractivity contribution in [2.45, 2.75) is 0 Å². The Morgan fingerprint density at radius 2 is 2.22 bits per heavy atom. The number of hydrogen-bond donors (Lipinski definition) is 2. The predicted molar refractivity (Wildman–Crippen MR) is 63.9 cm³/mol. The second-order valence-electron chi connectivity index (χ2n) is 3.50. The minimum Gasteiger partial charge on any atom is -0.368 e. The number of non-ortho nitro benzene ring substituents is 1. The van der Waals surface area contributed by atoms with Gasteiger partial charge < -0.3 is 11.1 Å². The van der Waals surface area contributed by atoms with Gasteiger partial charge in [0.15, 0.2) is 0 Å². The Balaban J connectivity index is 2.48. The molecule has 0 atom stereocenters. The van der Waals surface area contributed by atoms with E-state index in [9.17, 15) is 14.9 Å². The number of aromatic nitrogens is 2. The number of carbonyl (C=O) groups is 1. The van der Waals surface area contributed by atoms with Crippen LogP contribution in [0.25, 0.3) is 10.9 Å². The maximum Gasteiger partial charge on any atom is 0.270 e. The van der Waals surface area contributed by atoms with Crippen LogP contribution >= 0.6 is 0 Å². The van der Waals surface area contributed by atoms with Crippen LogP contribution in [-0.4, -0.2) is 27.3 Å². The number of amides is 1. The monoisotopic (exact) mass is 247 g/mol. The summed E-state index contributed by atoms with van der Waals surface area (Å²) in [5.41, 5.74) is 5.48. The van der Waals surface area contributed by atoms with Crippen LogP contribution in [0.3, 0.4) is 0 Å². The minimum absolute atomic E-state index is 0.0700. The van der Waals surface area contributed by atoms with Gasteiger partial charge >= 0.3 is 0 Å². The van der Waals surface area contributed by atoms with Crippen molar-refractivity contribution < 1.29 is 9.72 Å². The standard InChI is InChI=1S/C10H9N5O3/c11-9(16)4-12-10-7-3-6(15(17)18)1-2-8(7)13-5-14-10/h1-3,5H,4H2,(H2,11,16)(H,12,13,14). The van der Waals surface area contributed by atoms with Gasteiger partial charge in [0, 0.05) is 17.5 Å². The molecule has 0 fully saturated rings. The zero-order valence-corrected chi connectivity index (χ0v) is 9.16. The molecule has 2 rings (SSSR count). The van der Waals surface area contributed by atoms with Gasteiger partial charge in [-0.1, -0.05) is 0 Å². The van der Waals surface area contributed by atoms with Gasteiger partial charge in [-0.3, -0.25) is 14.9 Å². The SMILES string of the molecule is NC(=O)CNc1ncnc2ccc([N+](=O)[O-])cc12. The molecular formula is C10H9N5O3. The molecule has 92 valence electrons. The molecule has 0 bridgehead atoms. The van der Waals surface area contributed by atoms with Crippen molar-refractivity contribution in [3.05, 3.63) is 34.6 Å². The van der Waals surface area contributed by atoms with E-state index in [0.717, 1.165) is 0 Å². The summed E-state index contributed by atoms with van der Waals surface area (Å²) in [4.78, 5) is 28.8. The summed E-state index contributed by atoms with van der Waals surface area (Å²) in [6.45, 7) is -0.102. The number of nitrogens with one attached hydrogen (secondary N) is 1. The Bertz CT molecular complexity index is 628. The van der Waals surface area contributed by atoms with Gasteiger partial charge in [-0.05, 0) is 6.07 Å².